The summed E-state index contributed by atoms with van der Waals surface area (Å²) in [6.45, 7) is 1.99. The molecule has 34 heavy (non-hydrogen) atoms. The molecular weight excluding hydrogens is 462 g/mol. The molecule has 0 radical (unpaired) electrons. The molecule has 0 amide bonds. The second kappa shape index (κ2) is 11.1. The highest BCUT2D eigenvalue weighted by Gasteiger charge is 2.34. The Morgan fingerprint density at radius 2 is 0.882 bits per heavy atom. The van der Waals surface area contributed by atoms with Crippen LogP contribution in [0.4, 0.5) is 0 Å². The lowest BCUT2D eigenvalue weighted by Crippen LogP contribution is -2.27. The van der Waals surface area contributed by atoms with E-state index in [4.69, 9.17) is 9.05 Å². The zero-order chi connectivity index (χ0) is 23.9. The van der Waals surface area contributed by atoms with Crippen molar-refractivity contribution in [2.45, 2.75) is 19.4 Å². The predicted octanol–water partition coefficient (Wildman–Crippen LogP) is 5.66. The first-order valence-electron chi connectivity index (χ1n) is 11.3. The summed E-state index contributed by atoms with van der Waals surface area (Å²) in [5.74, 6) is 0. The molecule has 174 valence electrons. The van der Waals surface area contributed by atoms with E-state index in [1.807, 2.05) is 128 Å². The van der Waals surface area contributed by atoms with E-state index in [9.17, 15) is 9.13 Å². The summed E-state index contributed by atoms with van der Waals surface area (Å²) in [6, 6.07) is 36.9. The molecule has 0 fully saturated rings. The Balaban J connectivity index is 1.64. The third-order valence-electron chi connectivity index (χ3n) is 5.58. The van der Waals surface area contributed by atoms with Gasteiger partial charge in [0.05, 0.1) is 12.7 Å². The normalized spacial score (nSPS) is 12.9. The highest BCUT2D eigenvalue weighted by molar-refractivity contribution is 7.74. The van der Waals surface area contributed by atoms with Gasteiger partial charge in [-0.1, -0.05) is 79.7 Å². The zero-order valence-corrected chi connectivity index (χ0v) is 20.9. The van der Waals surface area contributed by atoms with E-state index in [-0.39, 0.29) is 6.61 Å². The summed E-state index contributed by atoms with van der Waals surface area (Å²) >= 11 is 0. The predicted molar refractivity (Wildman–Crippen MR) is 141 cm³/mol. The van der Waals surface area contributed by atoms with Crippen LogP contribution in [0.5, 0.6) is 0 Å². The molecule has 0 spiro atoms. The summed E-state index contributed by atoms with van der Waals surface area (Å²) in [7, 11) is -6.76. The van der Waals surface area contributed by atoms with E-state index >= 15 is 0 Å². The van der Waals surface area contributed by atoms with Gasteiger partial charge in [0.1, 0.15) is 0 Å². The molecule has 0 aliphatic rings. The standard InChI is InChI=1S/C28H28O4P2/c1-2-24(32-34(30,27-19-11-5-12-20-27)28-21-13-6-14-22-28)23-31-33(29,25-15-7-3-8-16-25)26-17-9-4-10-18-26/h3-22,24H,2,23H2,1H3. The van der Waals surface area contributed by atoms with Crippen LogP contribution in [0.15, 0.2) is 121 Å². The van der Waals surface area contributed by atoms with E-state index in [0.717, 1.165) is 0 Å². The Kier molecular flexibility index (Phi) is 7.98. The molecule has 0 saturated heterocycles. The first-order valence-corrected chi connectivity index (χ1v) is 14.6. The van der Waals surface area contributed by atoms with Crippen LogP contribution in [-0.4, -0.2) is 12.7 Å². The fourth-order valence-corrected chi connectivity index (χ4v) is 8.09. The molecule has 0 aromatic heterocycles. The number of rotatable bonds is 10. The van der Waals surface area contributed by atoms with Crippen LogP contribution in [0, 0.1) is 0 Å². The second-order valence-corrected chi connectivity index (χ2v) is 12.6. The van der Waals surface area contributed by atoms with Crippen LogP contribution in [0.3, 0.4) is 0 Å². The summed E-state index contributed by atoms with van der Waals surface area (Å²) in [6.07, 6.45) is 0.0275. The molecule has 4 nitrogen and oxygen atoms in total. The Morgan fingerprint density at radius 3 is 1.21 bits per heavy atom. The van der Waals surface area contributed by atoms with E-state index in [1.165, 1.54) is 0 Å². The molecule has 1 unspecified atom stereocenters. The van der Waals surface area contributed by atoms with Crippen LogP contribution in [0.1, 0.15) is 13.3 Å². The van der Waals surface area contributed by atoms with E-state index in [0.29, 0.717) is 27.6 Å². The van der Waals surface area contributed by atoms with Crippen molar-refractivity contribution in [3.05, 3.63) is 121 Å². The van der Waals surface area contributed by atoms with Gasteiger partial charge in [-0.3, -0.25) is 9.13 Å². The number of benzene rings is 4. The molecule has 4 aromatic carbocycles. The lowest BCUT2D eigenvalue weighted by molar-refractivity contribution is 0.136. The van der Waals surface area contributed by atoms with E-state index in [2.05, 4.69) is 0 Å². The van der Waals surface area contributed by atoms with Gasteiger partial charge in [-0.05, 0) is 55.0 Å². The fourth-order valence-electron chi connectivity index (χ4n) is 3.69. The molecule has 0 bridgehead atoms. The third kappa shape index (κ3) is 5.32. The summed E-state index contributed by atoms with van der Waals surface area (Å²) in [4.78, 5) is 0. The van der Waals surface area contributed by atoms with E-state index in [1.54, 1.807) is 0 Å². The Bertz CT molecular complexity index is 1180. The minimum absolute atomic E-state index is 0.0429. The molecule has 0 saturated carbocycles. The van der Waals surface area contributed by atoms with Crippen LogP contribution >= 0.6 is 14.7 Å². The van der Waals surface area contributed by atoms with Crippen molar-refractivity contribution in [3.63, 3.8) is 0 Å². The molecule has 4 rings (SSSR count). The lowest BCUT2D eigenvalue weighted by atomic mass is 10.3. The van der Waals surface area contributed by atoms with E-state index < -0.39 is 20.8 Å². The molecule has 4 aromatic rings. The van der Waals surface area contributed by atoms with Gasteiger partial charge in [-0.25, -0.2) is 0 Å². The molecule has 1 atom stereocenters. The van der Waals surface area contributed by atoms with Gasteiger partial charge < -0.3 is 9.05 Å². The Labute approximate surface area is 201 Å². The maximum Gasteiger partial charge on any atom is 0.261 e. The maximum atomic E-state index is 14.3. The van der Waals surface area contributed by atoms with Crippen molar-refractivity contribution in [3.8, 4) is 0 Å². The lowest BCUT2D eigenvalue weighted by Gasteiger charge is -2.27. The summed E-state index contributed by atoms with van der Waals surface area (Å²) in [5, 5.41) is 2.47. The van der Waals surface area contributed by atoms with Crippen LogP contribution < -0.4 is 21.2 Å². The quantitative estimate of drug-likeness (QED) is 0.270. The summed E-state index contributed by atoms with van der Waals surface area (Å²) < 4.78 is 41.0. The van der Waals surface area contributed by atoms with Gasteiger partial charge >= 0.3 is 0 Å². The highest BCUT2D eigenvalue weighted by Crippen LogP contribution is 2.48. The third-order valence-corrected chi connectivity index (χ3v) is 10.6. The zero-order valence-electron chi connectivity index (χ0n) is 19.1. The van der Waals surface area contributed by atoms with Gasteiger partial charge in [0.25, 0.3) is 14.7 Å². The highest BCUT2D eigenvalue weighted by atomic mass is 31.2. The largest absolute Gasteiger partial charge is 0.319 e. The average Bonchev–Trinajstić information content (AvgIpc) is 2.92. The monoisotopic (exact) mass is 490 g/mol. The summed E-state index contributed by atoms with van der Waals surface area (Å²) in [5.41, 5.74) is 0. The van der Waals surface area contributed by atoms with Crippen molar-refractivity contribution in [1.29, 1.82) is 0 Å². The van der Waals surface area contributed by atoms with Crippen LogP contribution in [0.25, 0.3) is 0 Å². The SMILES string of the molecule is CCC(COP(=O)(c1ccccc1)c1ccccc1)OP(=O)(c1ccccc1)c1ccccc1. The van der Waals surface area contributed by atoms with Crippen molar-refractivity contribution in [1.82, 2.24) is 0 Å². The van der Waals surface area contributed by atoms with Crippen LogP contribution in [0.2, 0.25) is 0 Å². The van der Waals surface area contributed by atoms with Crippen LogP contribution in [-0.2, 0) is 18.2 Å². The number of hydrogen-bond acceptors (Lipinski definition) is 4. The topological polar surface area (TPSA) is 52.6 Å². The Morgan fingerprint density at radius 1 is 0.559 bits per heavy atom. The van der Waals surface area contributed by atoms with Crippen molar-refractivity contribution in [2.75, 3.05) is 6.61 Å². The molecule has 0 aliphatic carbocycles. The van der Waals surface area contributed by atoms with Gasteiger partial charge in [0.2, 0.25) is 0 Å². The van der Waals surface area contributed by atoms with Crippen molar-refractivity contribution < 1.29 is 18.2 Å². The molecule has 0 N–H and O–H groups in total. The molecule has 0 heterocycles. The maximum absolute atomic E-state index is 14.3. The first-order chi connectivity index (χ1) is 16.6. The molecule has 6 heteroatoms. The fraction of sp³-hybridized carbons (Fsp3) is 0.143. The molecule has 0 aliphatic heterocycles. The minimum atomic E-state index is -3.39. The minimum Gasteiger partial charge on any atom is -0.319 e. The van der Waals surface area contributed by atoms with Gasteiger partial charge in [0.15, 0.2) is 0 Å². The number of hydrogen-bond donors (Lipinski definition) is 0. The van der Waals surface area contributed by atoms with Crippen molar-refractivity contribution in [2.24, 2.45) is 0 Å². The Hall–Kier alpha value is -2.74. The van der Waals surface area contributed by atoms with Gasteiger partial charge in [-0.2, -0.15) is 0 Å². The first kappa shape index (κ1) is 24.4. The average molecular weight is 490 g/mol. The van der Waals surface area contributed by atoms with Gasteiger partial charge in [0, 0.05) is 21.2 Å². The van der Waals surface area contributed by atoms with Crippen molar-refractivity contribution >= 4 is 36.0 Å². The smallest absolute Gasteiger partial charge is 0.261 e. The molecular formula is C28H28O4P2. The van der Waals surface area contributed by atoms with Gasteiger partial charge in [-0.15, -0.1) is 0 Å². The second-order valence-electron chi connectivity index (χ2n) is 7.88.